The molecule has 2 heterocycles. The molecule has 0 atom stereocenters. The van der Waals surface area contributed by atoms with Crippen LogP contribution in [0.1, 0.15) is 11.1 Å². The van der Waals surface area contributed by atoms with Gasteiger partial charge in [0.05, 0.1) is 22.3 Å². The molecule has 5 rings (SSSR count). The summed E-state index contributed by atoms with van der Waals surface area (Å²) in [5.74, 6) is 0. The Bertz CT molecular complexity index is 1540. The highest BCUT2D eigenvalue weighted by molar-refractivity contribution is 7.73. The fourth-order valence-electron chi connectivity index (χ4n) is 3.84. The van der Waals surface area contributed by atoms with E-state index in [1.54, 1.807) is 0 Å². The first-order chi connectivity index (χ1) is 14.6. The first-order valence-corrected chi connectivity index (χ1v) is 11.1. The third-order valence-corrected chi connectivity index (χ3v) is 7.10. The summed E-state index contributed by atoms with van der Waals surface area (Å²) in [5, 5.41) is 1.29. The molecule has 0 aliphatic rings. The topological polar surface area (TPSA) is 26.4 Å². The van der Waals surface area contributed by atoms with Crippen LogP contribution in [0.4, 0.5) is 0 Å². The number of hydrogen-bond acceptors (Lipinski definition) is 3. The first-order valence-electron chi connectivity index (χ1n) is 9.53. The molecule has 0 saturated heterocycles. The second-order valence-electron chi connectivity index (χ2n) is 7.17. The SMILES string of the molecule is Cc1ccccc1Cn1c(=O)c2ccccc2n2c(=S)sc(-c3ccccc3Cl)c12. The quantitative estimate of drug-likeness (QED) is 0.286. The molecule has 0 amide bonds. The predicted molar refractivity (Wildman–Crippen MR) is 129 cm³/mol. The van der Waals surface area contributed by atoms with Crippen molar-refractivity contribution in [3.05, 3.63) is 103 Å². The Kier molecular flexibility index (Phi) is 4.82. The molecule has 2 aromatic heterocycles. The van der Waals surface area contributed by atoms with Gasteiger partial charge in [-0.1, -0.05) is 66.2 Å². The number of rotatable bonds is 3. The fourth-order valence-corrected chi connectivity index (χ4v) is 5.59. The number of hydrogen-bond donors (Lipinski definition) is 0. The van der Waals surface area contributed by atoms with E-state index in [0.29, 0.717) is 20.9 Å². The van der Waals surface area contributed by atoms with Crippen molar-refractivity contribution in [1.29, 1.82) is 0 Å². The molecular formula is C24H17ClN2OS2. The minimum atomic E-state index is -0.0324. The van der Waals surface area contributed by atoms with Gasteiger partial charge in [-0.05, 0) is 48.5 Å². The molecular weight excluding hydrogens is 432 g/mol. The van der Waals surface area contributed by atoms with Crippen LogP contribution < -0.4 is 5.56 Å². The van der Waals surface area contributed by atoms with Gasteiger partial charge < -0.3 is 0 Å². The smallest absolute Gasteiger partial charge is 0.261 e. The van der Waals surface area contributed by atoms with Crippen molar-refractivity contribution in [1.82, 2.24) is 8.97 Å². The molecule has 30 heavy (non-hydrogen) atoms. The van der Waals surface area contributed by atoms with Gasteiger partial charge in [-0.25, -0.2) is 0 Å². The number of aryl methyl sites for hydroxylation is 1. The van der Waals surface area contributed by atoms with Crippen LogP contribution in [-0.2, 0) is 6.54 Å². The van der Waals surface area contributed by atoms with E-state index in [4.69, 9.17) is 23.8 Å². The number of benzene rings is 3. The lowest BCUT2D eigenvalue weighted by Crippen LogP contribution is -2.24. The van der Waals surface area contributed by atoms with Crippen LogP contribution in [0.3, 0.4) is 0 Å². The van der Waals surface area contributed by atoms with E-state index >= 15 is 0 Å². The van der Waals surface area contributed by atoms with Crippen LogP contribution in [-0.4, -0.2) is 8.97 Å². The van der Waals surface area contributed by atoms with E-state index in [2.05, 4.69) is 19.1 Å². The molecule has 0 aliphatic carbocycles. The lowest BCUT2D eigenvalue weighted by Gasteiger charge is -2.15. The third-order valence-electron chi connectivity index (χ3n) is 5.37. The van der Waals surface area contributed by atoms with Gasteiger partial charge in [-0.2, -0.15) is 0 Å². The van der Waals surface area contributed by atoms with E-state index in [-0.39, 0.29) is 5.56 Å². The van der Waals surface area contributed by atoms with Gasteiger partial charge in [0.2, 0.25) is 0 Å². The Morgan fingerprint density at radius 2 is 1.67 bits per heavy atom. The Morgan fingerprint density at radius 3 is 2.47 bits per heavy atom. The molecule has 148 valence electrons. The van der Waals surface area contributed by atoms with Crippen LogP contribution in [0.25, 0.3) is 27.0 Å². The summed E-state index contributed by atoms with van der Waals surface area (Å²) >= 11 is 13.8. The van der Waals surface area contributed by atoms with Crippen LogP contribution >= 0.6 is 35.2 Å². The Balaban J connectivity index is 1.95. The molecule has 0 unspecified atom stereocenters. The lowest BCUT2D eigenvalue weighted by molar-refractivity contribution is 0.776. The number of fused-ring (bicyclic) bond motifs is 3. The van der Waals surface area contributed by atoms with Crippen molar-refractivity contribution in [3.63, 3.8) is 0 Å². The summed E-state index contributed by atoms with van der Waals surface area (Å²) in [5.41, 5.74) is 4.69. The van der Waals surface area contributed by atoms with E-state index in [1.165, 1.54) is 11.3 Å². The summed E-state index contributed by atoms with van der Waals surface area (Å²) in [6, 6.07) is 23.4. The largest absolute Gasteiger partial charge is 0.288 e. The molecule has 3 aromatic carbocycles. The number of halogens is 1. The van der Waals surface area contributed by atoms with Crippen LogP contribution in [0.5, 0.6) is 0 Å². The second-order valence-corrected chi connectivity index (χ2v) is 9.22. The third kappa shape index (κ3) is 3.01. The van der Waals surface area contributed by atoms with Crippen molar-refractivity contribution in [2.45, 2.75) is 13.5 Å². The highest BCUT2D eigenvalue weighted by atomic mass is 35.5. The molecule has 3 nitrogen and oxygen atoms in total. The molecule has 6 heteroatoms. The number of aromatic nitrogens is 2. The molecule has 5 aromatic rings. The maximum atomic E-state index is 13.6. The highest BCUT2D eigenvalue weighted by Gasteiger charge is 2.19. The first kappa shape index (κ1) is 19.2. The van der Waals surface area contributed by atoms with Crippen molar-refractivity contribution >= 4 is 51.7 Å². The molecule has 0 N–H and O–H groups in total. The monoisotopic (exact) mass is 448 g/mol. The van der Waals surface area contributed by atoms with Gasteiger partial charge in [0.15, 0.2) is 3.95 Å². The fraction of sp³-hybridized carbons (Fsp3) is 0.0833. The van der Waals surface area contributed by atoms with Gasteiger partial charge in [0, 0.05) is 10.6 Å². The van der Waals surface area contributed by atoms with Gasteiger partial charge >= 0.3 is 0 Å². The zero-order chi connectivity index (χ0) is 20.8. The predicted octanol–water partition coefficient (Wildman–Crippen LogP) is 6.72. The van der Waals surface area contributed by atoms with E-state index in [1.807, 2.05) is 69.6 Å². The normalized spacial score (nSPS) is 11.4. The minimum absolute atomic E-state index is 0.0324. The highest BCUT2D eigenvalue weighted by Crippen LogP contribution is 2.37. The van der Waals surface area contributed by atoms with Crippen LogP contribution in [0.2, 0.25) is 5.02 Å². The molecule has 0 saturated carbocycles. The molecule has 0 fully saturated rings. The van der Waals surface area contributed by atoms with Gasteiger partial charge in [-0.3, -0.25) is 13.8 Å². The lowest BCUT2D eigenvalue weighted by atomic mass is 10.1. The average molecular weight is 449 g/mol. The van der Waals surface area contributed by atoms with Crippen molar-refractivity contribution in [2.75, 3.05) is 0 Å². The zero-order valence-electron chi connectivity index (χ0n) is 16.1. The summed E-state index contributed by atoms with van der Waals surface area (Å²) < 4.78 is 4.53. The van der Waals surface area contributed by atoms with Gasteiger partial charge in [0.25, 0.3) is 5.56 Å². The molecule has 0 aliphatic heterocycles. The van der Waals surface area contributed by atoms with Crippen LogP contribution in [0, 0.1) is 10.9 Å². The molecule has 0 spiro atoms. The maximum Gasteiger partial charge on any atom is 0.261 e. The number of thiazole rings is 1. The van der Waals surface area contributed by atoms with Gasteiger partial charge in [-0.15, -0.1) is 11.3 Å². The second kappa shape index (κ2) is 7.51. The molecule has 0 radical (unpaired) electrons. The van der Waals surface area contributed by atoms with Crippen LogP contribution in [0.15, 0.2) is 77.6 Å². The number of para-hydroxylation sites is 1. The van der Waals surface area contributed by atoms with E-state index in [9.17, 15) is 4.79 Å². The van der Waals surface area contributed by atoms with Crippen molar-refractivity contribution < 1.29 is 0 Å². The average Bonchev–Trinajstić information content (AvgIpc) is 3.09. The summed E-state index contributed by atoms with van der Waals surface area (Å²) in [7, 11) is 0. The van der Waals surface area contributed by atoms with Crippen molar-refractivity contribution in [2.24, 2.45) is 0 Å². The summed E-state index contributed by atoms with van der Waals surface area (Å²) in [6.07, 6.45) is 0. The summed E-state index contributed by atoms with van der Waals surface area (Å²) in [6.45, 7) is 2.52. The van der Waals surface area contributed by atoms with E-state index < -0.39 is 0 Å². The van der Waals surface area contributed by atoms with E-state index in [0.717, 1.165) is 32.7 Å². The summed E-state index contributed by atoms with van der Waals surface area (Å²) in [4.78, 5) is 14.5. The maximum absolute atomic E-state index is 13.6. The number of nitrogens with zero attached hydrogens (tertiary/aromatic N) is 2. The Hall–Kier alpha value is -2.73. The Labute approximate surface area is 187 Å². The van der Waals surface area contributed by atoms with Gasteiger partial charge in [0.1, 0.15) is 5.65 Å². The van der Waals surface area contributed by atoms with Crippen molar-refractivity contribution in [3.8, 4) is 10.4 Å². The molecule has 0 bridgehead atoms. The zero-order valence-corrected chi connectivity index (χ0v) is 18.5. The minimum Gasteiger partial charge on any atom is -0.288 e. The standard InChI is InChI=1S/C24H17ClN2OS2/c1-15-8-2-3-9-16(15)14-26-22-21(17-10-4-6-12-19(17)25)30-24(29)27(22)20-13-7-5-11-18(20)23(26)28/h2-13H,14H2,1H3. The Morgan fingerprint density at radius 1 is 0.967 bits per heavy atom.